The highest BCUT2D eigenvalue weighted by molar-refractivity contribution is 7.22. The summed E-state index contributed by atoms with van der Waals surface area (Å²) in [4.78, 5) is 12.6. The monoisotopic (exact) mass is 324 g/mol. The Morgan fingerprint density at radius 1 is 1.38 bits per heavy atom. The summed E-state index contributed by atoms with van der Waals surface area (Å²) in [6.45, 7) is 4.53. The average Bonchev–Trinajstić information content (AvgIpc) is 2.93. The number of nitrogens with one attached hydrogen (secondary N) is 1. The Labute approximate surface area is 134 Å². The Bertz CT molecular complexity index is 675. The molecule has 3 atom stereocenters. The smallest absolute Gasteiger partial charge is 0.268 e. The Balaban J connectivity index is 1.80. The molecule has 21 heavy (non-hydrogen) atoms. The highest BCUT2D eigenvalue weighted by Gasteiger charge is 2.29. The Hall–Kier alpha value is -1.00. The summed E-state index contributed by atoms with van der Waals surface area (Å²) in [5.74, 6) is 1.25. The van der Waals surface area contributed by atoms with E-state index in [9.17, 15) is 4.79 Å². The largest absolute Gasteiger partial charge is 0.348 e. The first-order chi connectivity index (χ1) is 9.97. The van der Waals surface area contributed by atoms with Gasteiger partial charge >= 0.3 is 0 Å². The summed E-state index contributed by atoms with van der Waals surface area (Å²) in [6.07, 6.45) is 3.56. The second kappa shape index (κ2) is 5.65. The van der Waals surface area contributed by atoms with Gasteiger partial charge in [0.05, 0.1) is 14.6 Å². The van der Waals surface area contributed by atoms with Gasteiger partial charge in [0.2, 0.25) is 0 Å². The van der Waals surface area contributed by atoms with Gasteiger partial charge in [-0.05, 0) is 30.4 Å². The number of rotatable bonds is 2. The number of nitrogens with zero attached hydrogens (tertiary/aromatic N) is 1. The third-order valence-corrected chi connectivity index (χ3v) is 6.16. The molecule has 1 aliphatic rings. The second-order valence-electron chi connectivity index (χ2n) is 6.24. The zero-order valence-electron chi connectivity index (χ0n) is 12.6. The molecule has 5 heteroatoms. The molecule has 114 valence electrons. The molecule has 0 bridgehead atoms. The molecule has 0 aliphatic heterocycles. The van der Waals surface area contributed by atoms with Crippen LogP contribution in [0.2, 0.25) is 4.34 Å². The van der Waals surface area contributed by atoms with Crippen molar-refractivity contribution >= 4 is 39.1 Å². The SMILES string of the molecule is CC1CCCC(NC(=O)c2cc3sc(Cl)cc3n2C)C1C. The van der Waals surface area contributed by atoms with Crippen LogP contribution in [-0.4, -0.2) is 16.5 Å². The van der Waals surface area contributed by atoms with Gasteiger partial charge in [-0.25, -0.2) is 0 Å². The predicted molar refractivity (Wildman–Crippen MR) is 89.2 cm³/mol. The number of hydrogen-bond donors (Lipinski definition) is 1. The molecule has 0 radical (unpaired) electrons. The molecule has 1 amide bonds. The van der Waals surface area contributed by atoms with Crippen molar-refractivity contribution in [2.24, 2.45) is 18.9 Å². The van der Waals surface area contributed by atoms with E-state index in [0.29, 0.717) is 11.8 Å². The standard InChI is InChI=1S/C16H21ClN2OS/c1-9-5-4-6-11(10(9)2)18-16(20)13-7-14-12(19(13)3)8-15(17)21-14/h7-11H,4-6H2,1-3H3,(H,18,20). The quantitative estimate of drug-likeness (QED) is 0.870. The van der Waals surface area contributed by atoms with Gasteiger partial charge in [-0.1, -0.05) is 38.3 Å². The lowest BCUT2D eigenvalue weighted by molar-refractivity contribution is 0.0883. The van der Waals surface area contributed by atoms with E-state index in [0.717, 1.165) is 26.7 Å². The third-order valence-electron chi connectivity index (χ3n) is 4.96. The Morgan fingerprint density at radius 3 is 2.86 bits per heavy atom. The zero-order valence-corrected chi connectivity index (χ0v) is 14.2. The van der Waals surface area contributed by atoms with E-state index in [1.54, 1.807) is 0 Å². The molecule has 3 rings (SSSR count). The van der Waals surface area contributed by atoms with Crippen LogP contribution >= 0.6 is 22.9 Å². The Morgan fingerprint density at radius 2 is 2.14 bits per heavy atom. The molecule has 1 fully saturated rings. The van der Waals surface area contributed by atoms with E-state index >= 15 is 0 Å². The van der Waals surface area contributed by atoms with E-state index in [2.05, 4.69) is 19.2 Å². The van der Waals surface area contributed by atoms with E-state index in [1.807, 2.05) is 23.7 Å². The first-order valence-electron chi connectivity index (χ1n) is 7.53. The molecule has 2 aromatic heterocycles. The molecule has 1 N–H and O–H groups in total. The molecule has 0 aromatic carbocycles. The van der Waals surface area contributed by atoms with Gasteiger partial charge in [-0.2, -0.15) is 0 Å². The molecule has 1 aliphatic carbocycles. The van der Waals surface area contributed by atoms with Crippen LogP contribution in [0.3, 0.4) is 0 Å². The molecule has 2 heterocycles. The number of halogens is 1. The lowest BCUT2D eigenvalue weighted by Gasteiger charge is -2.34. The minimum absolute atomic E-state index is 0.0305. The van der Waals surface area contributed by atoms with Crippen LogP contribution in [0.5, 0.6) is 0 Å². The van der Waals surface area contributed by atoms with Crippen LogP contribution in [0.25, 0.3) is 10.2 Å². The maximum absolute atomic E-state index is 12.6. The molecular weight excluding hydrogens is 304 g/mol. The highest BCUT2D eigenvalue weighted by atomic mass is 35.5. The maximum Gasteiger partial charge on any atom is 0.268 e. The first kappa shape index (κ1) is 14.9. The summed E-state index contributed by atoms with van der Waals surface area (Å²) >= 11 is 7.54. The first-order valence-corrected chi connectivity index (χ1v) is 8.72. The number of carbonyl (C=O) groups is 1. The molecule has 0 saturated heterocycles. The Kier molecular flexibility index (Phi) is 4.02. The minimum atomic E-state index is 0.0305. The van der Waals surface area contributed by atoms with E-state index in [4.69, 9.17) is 11.6 Å². The topological polar surface area (TPSA) is 34.0 Å². The molecule has 1 saturated carbocycles. The molecule has 0 spiro atoms. The normalized spacial score (nSPS) is 26.2. The average molecular weight is 325 g/mol. The number of aryl methyl sites for hydroxylation is 1. The van der Waals surface area contributed by atoms with Crippen LogP contribution < -0.4 is 5.32 Å². The van der Waals surface area contributed by atoms with Gasteiger partial charge in [0.1, 0.15) is 5.69 Å². The van der Waals surface area contributed by atoms with Gasteiger partial charge < -0.3 is 9.88 Å². The summed E-state index contributed by atoms with van der Waals surface area (Å²) in [5.41, 5.74) is 1.75. The van der Waals surface area contributed by atoms with Crippen LogP contribution in [-0.2, 0) is 7.05 Å². The van der Waals surface area contributed by atoms with Crippen molar-refractivity contribution in [2.45, 2.75) is 39.2 Å². The lowest BCUT2D eigenvalue weighted by Crippen LogP contribution is -2.44. The molecule has 3 unspecified atom stereocenters. The van der Waals surface area contributed by atoms with Crippen molar-refractivity contribution in [1.29, 1.82) is 0 Å². The van der Waals surface area contributed by atoms with Crippen LogP contribution in [0, 0.1) is 11.8 Å². The van der Waals surface area contributed by atoms with Crippen LogP contribution in [0.15, 0.2) is 12.1 Å². The third kappa shape index (κ3) is 2.71. The van der Waals surface area contributed by atoms with Crippen molar-refractivity contribution in [3.8, 4) is 0 Å². The van der Waals surface area contributed by atoms with E-state index in [-0.39, 0.29) is 11.9 Å². The van der Waals surface area contributed by atoms with E-state index in [1.165, 1.54) is 24.2 Å². The van der Waals surface area contributed by atoms with Crippen molar-refractivity contribution < 1.29 is 4.79 Å². The molecule has 2 aromatic rings. The number of thiophene rings is 1. The lowest BCUT2D eigenvalue weighted by atomic mass is 9.78. The fourth-order valence-corrected chi connectivity index (χ4v) is 4.53. The van der Waals surface area contributed by atoms with Crippen molar-refractivity contribution in [1.82, 2.24) is 9.88 Å². The predicted octanol–water partition coefficient (Wildman–Crippen LogP) is 4.45. The van der Waals surface area contributed by atoms with Crippen LogP contribution in [0.1, 0.15) is 43.6 Å². The van der Waals surface area contributed by atoms with Gasteiger partial charge in [0.15, 0.2) is 0 Å². The van der Waals surface area contributed by atoms with Gasteiger partial charge in [-0.3, -0.25) is 4.79 Å². The van der Waals surface area contributed by atoms with Gasteiger partial charge in [-0.15, -0.1) is 11.3 Å². The number of amides is 1. The fourth-order valence-electron chi connectivity index (χ4n) is 3.33. The van der Waals surface area contributed by atoms with Gasteiger partial charge in [0.25, 0.3) is 5.91 Å². The number of carbonyl (C=O) groups excluding carboxylic acids is 1. The highest BCUT2D eigenvalue weighted by Crippen LogP contribution is 2.32. The van der Waals surface area contributed by atoms with E-state index < -0.39 is 0 Å². The summed E-state index contributed by atoms with van der Waals surface area (Å²) < 4.78 is 3.76. The summed E-state index contributed by atoms with van der Waals surface area (Å²) in [7, 11) is 1.92. The minimum Gasteiger partial charge on any atom is -0.348 e. The van der Waals surface area contributed by atoms with Gasteiger partial charge in [0, 0.05) is 13.1 Å². The van der Waals surface area contributed by atoms with Crippen molar-refractivity contribution in [3.63, 3.8) is 0 Å². The summed E-state index contributed by atoms with van der Waals surface area (Å²) in [5, 5.41) is 3.23. The van der Waals surface area contributed by atoms with Crippen molar-refractivity contribution in [2.75, 3.05) is 0 Å². The zero-order chi connectivity index (χ0) is 15.1. The maximum atomic E-state index is 12.6. The number of aromatic nitrogens is 1. The second-order valence-corrected chi connectivity index (χ2v) is 7.95. The molecule has 3 nitrogen and oxygen atoms in total. The summed E-state index contributed by atoms with van der Waals surface area (Å²) in [6, 6.07) is 4.15. The fraction of sp³-hybridized carbons (Fsp3) is 0.562. The number of hydrogen-bond acceptors (Lipinski definition) is 2. The number of fused-ring (bicyclic) bond motifs is 1. The van der Waals surface area contributed by atoms with Crippen molar-refractivity contribution in [3.05, 3.63) is 22.2 Å². The molecular formula is C16H21ClN2OS. The van der Waals surface area contributed by atoms with Crippen LogP contribution in [0.4, 0.5) is 0 Å².